The van der Waals surface area contributed by atoms with E-state index < -0.39 is 21.8 Å². The third-order valence-corrected chi connectivity index (χ3v) is 6.95. The summed E-state index contributed by atoms with van der Waals surface area (Å²) in [5.74, 6) is 1.33. The Kier molecular flexibility index (Phi) is 8.11. The van der Waals surface area contributed by atoms with E-state index in [0.29, 0.717) is 11.4 Å². The molecule has 0 atom stereocenters. The van der Waals surface area contributed by atoms with Crippen LogP contribution >= 0.6 is 11.8 Å². The van der Waals surface area contributed by atoms with Crippen LogP contribution in [0.15, 0.2) is 77.7 Å². The topological polar surface area (TPSA) is 84.5 Å². The number of methoxy groups -OCH3 is 1. The zero-order chi connectivity index (χ0) is 24.8. The van der Waals surface area contributed by atoms with E-state index in [1.807, 2.05) is 24.3 Å². The summed E-state index contributed by atoms with van der Waals surface area (Å²) in [7, 11) is -2.53. The lowest BCUT2D eigenvalue weighted by molar-refractivity contribution is -0.137. The first-order chi connectivity index (χ1) is 16.1. The van der Waals surface area contributed by atoms with Gasteiger partial charge in [-0.05, 0) is 60.2 Å². The molecule has 0 bridgehead atoms. The zero-order valence-corrected chi connectivity index (χ0v) is 19.6. The number of hydrogen-bond acceptors (Lipinski definition) is 5. The monoisotopic (exact) mass is 510 g/mol. The number of carbonyl (C=O) groups is 1. The van der Waals surface area contributed by atoms with E-state index in [2.05, 4.69) is 10.0 Å². The second kappa shape index (κ2) is 10.8. The molecular formula is C23H21F3N2O4S2. The molecule has 0 heterocycles. The van der Waals surface area contributed by atoms with Gasteiger partial charge in [0.15, 0.2) is 0 Å². The fourth-order valence-corrected chi connectivity index (χ4v) is 4.71. The summed E-state index contributed by atoms with van der Waals surface area (Å²) in [6.45, 7) is 0. The molecule has 11 heteroatoms. The van der Waals surface area contributed by atoms with Crippen molar-refractivity contribution < 1.29 is 31.1 Å². The van der Waals surface area contributed by atoms with Gasteiger partial charge in [-0.25, -0.2) is 8.42 Å². The number of halogens is 3. The molecule has 0 aliphatic carbocycles. The highest BCUT2D eigenvalue weighted by Gasteiger charge is 2.30. The van der Waals surface area contributed by atoms with Crippen molar-refractivity contribution in [2.45, 2.75) is 16.8 Å². The molecule has 180 valence electrons. The van der Waals surface area contributed by atoms with Crippen molar-refractivity contribution >= 4 is 39.1 Å². The van der Waals surface area contributed by atoms with Gasteiger partial charge in [0.2, 0.25) is 5.91 Å². The molecule has 6 nitrogen and oxygen atoms in total. The fraction of sp³-hybridized carbons (Fsp3) is 0.174. The first kappa shape index (κ1) is 25.4. The molecule has 0 spiro atoms. The van der Waals surface area contributed by atoms with Gasteiger partial charge in [-0.15, -0.1) is 11.8 Å². The van der Waals surface area contributed by atoms with E-state index in [4.69, 9.17) is 4.74 Å². The Morgan fingerprint density at radius 2 is 1.65 bits per heavy atom. The number of ether oxygens (including phenoxy) is 1. The molecule has 3 aromatic carbocycles. The summed E-state index contributed by atoms with van der Waals surface area (Å²) < 4.78 is 70.8. The molecule has 3 rings (SSSR count). The lowest BCUT2D eigenvalue weighted by Crippen LogP contribution is -2.15. The normalized spacial score (nSPS) is 11.6. The number of alkyl halides is 3. The minimum absolute atomic E-state index is 0.156. The summed E-state index contributed by atoms with van der Waals surface area (Å²) >= 11 is 1.42. The number of benzene rings is 3. The Balaban J connectivity index is 1.54. The average Bonchev–Trinajstić information content (AvgIpc) is 2.79. The highest BCUT2D eigenvalue weighted by molar-refractivity contribution is 7.99. The molecule has 0 fully saturated rings. The first-order valence-electron chi connectivity index (χ1n) is 9.87. The summed E-state index contributed by atoms with van der Waals surface area (Å²) in [6, 6.07) is 16.8. The van der Waals surface area contributed by atoms with E-state index >= 15 is 0 Å². The molecule has 0 aliphatic heterocycles. The van der Waals surface area contributed by atoms with Crippen LogP contribution in [0.3, 0.4) is 0 Å². The molecule has 0 saturated carbocycles. The number of nitrogens with one attached hydrogen (secondary N) is 2. The first-order valence-corrected chi connectivity index (χ1v) is 12.5. The number of carbonyl (C=O) groups excluding carboxylic acids is 1. The van der Waals surface area contributed by atoms with Gasteiger partial charge in [0.05, 0.1) is 23.3 Å². The van der Waals surface area contributed by atoms with Gasteiger partial charge in [-0.2, -0.15) is 13.2 Å². The van der Waals surface area contributed by atoms with E-state index in [9.17, 15) is 26.4 Å². The third-order valence-electron chi connectivity index (χ3n) is 4.55. The third kappa shape index (κ3) is 7.16. The molecule has 0 aromatic heterocycles. The van der Waals surface area contributed by atoms with Crippen LogP contribution in [0.1, 0.15) is 11.1 Å². The Morgan fingerprint density at radius 1 is 0.971 bits per heavy atom. The Labute approximate surface area is 199 Å². The highest BCUT2D eigenvalue weighted by atomic mass is 32.2. The smallest absolute Gasteiger partial charge is 0.416 e. The lowest BCUT2D eigenvalue weighted by Gasteiger charge is -2.12. The predicted molar refractivity (Wildman–Crippen MR) is 126 cm³/mol. The molecule has 0 unspecified atom stereocenters. The molecular weight excluding hydrogens is 489 g/mol. The fourth-order valence-electron chi connectivity index (χ4n) is 2.87. The van der Waals surface area contributed by atoms with Crippen LogP contribution in [0.4, 0.5) is 24.5 Å². The van der Waals surface area contributed by atoms with Crippen molar-refractivity contribution in [2.75, 3.05) is 22.9 Å². The minimum Gasteiger partial charge on any atom is -0.497 e. The van der Waals surface area contributed by atoms with Crippen LogP contribution in [-0.2, 0) is 26.7 Å². The summed E-state index contributed by atoms with van der Waals surface area (Å²) in [5.41, 5.74) is 0.270. The molecule has 0 aliphatic rings. The van der Waals surface area contributed by atoms with Gasteiger partial charge in [0, 0.05) is 17.1 Å². The maximum atomic E-state index is 12.8. The quantitative estimate of drug-likeness (QED) is 0.404. The maximum Gasteiger partial charge on any atom is 0.416 e. The second-order valence-electron chi connectivity index (χ2n) is 7.10. The van der Waals surface area contributed by atoms with Crippen molar-refractivity contribution in [3.8, 4) is 5.75 Å². The lowest BCUT2D eigenvalue weighted by atomic mass is 10.2. The van der Waals surface area contributed by atoms with Gasteiger partial charge in [-0.1, -0.05) is 18.2 Å². The van der Waals surface area contributed by atoms with Gasteiger partial charge >= 0.3 is 6.18 Å². The average molecular weight is 511 g/mol. The Hall–Kier alpha value is -3.18. The van der Waals surface area contributed by atoms with Crippen molar-refractivity contribution in [3.63, 3.8) is 0 Å². The van der Waals surface area contributed by atoms with Crippen molar-refractivity contribution in [3.05, 3.63) is 83.9 Å². The van der Waals surface area contributed by atoms with Crippen LogP contribution in [0, 0.1) is 0 Å². The minimum atomic E-state index is -4.59. The summed E-state index contributed by atoms with van der Waals surface area (Å²) in [4.78, 5) is 12.0. The Morgan fingerprint density at radius 3 is 2.26 bits per heavy atom. The predicted octanol–water partition coefficient (Wildman–Crippen LogP) is 5.39. The van der Waals surface area contributed by atoms with Crippen LogP contribution in [0.25, 0.3) is 0 Å². The summed E-state index contributed by atoms with van der Waals surface area (Å²) in [5, 5.41) is 2.68. The molecule has 3 aromatic rings. The largest absolute Gasteiger partial charge is 0.497 e. The standard InChI is InChI=1S/C23H21F3N2O4S2/c1-32-20-9-5-16(6-10-20)14-33-15-22(29)27-18-7-11-21(12-8-18)34(30,31)28-19-4-2-3-17(13-19)23(24,25)26/h2-13,28H,14-15H2,1H3,(H,27,29). The maximum absolute atomic E-state index is 12.8. The summed E-state index contributed by atoms with van der Waals surface area (Å²) in [6.07, 6.45) is -4.59. The highest BCUT2D eigenvalue weighted by Crippen LogP contribution is 2.31. The number of hydrogen-bond donors (Lipinski definition) is 2. The molecule has 1 amide bonds. The molecule has 2 N–H and O–H groups in total. The number of anilines is 2. The number of sulfonamides is 1. The van der Waals surface area contributed by atoms with E-state index in [0.717, 1.165) is 29.5 Å². The van der Waals surface area contributed by atoms with Crippen molar-refractivity contribution in [2.24, 2.45) is 0 Å². The van der Waals surface area contributed by atoms with Crippen molar-refractivity contribution in [1.29, 1.82) is 0 Å². The van der Waals surface area contributed by atoms with E-state index in [1.165, 1.54) is 42.1 Å². The van der Waals surface area contributed by atoms with Crippen LogP contribution in [0.5, 0.6) is 5.75 Å². The SMILES string of the molecule is COc1ccc(CSCC(=O)Nc2ccc(S(=O)(=O)Nc3cccc(C(F)(F)F)c3)cc2)cc1. The number of thioether (sulfide) groups is 1. The Bertz CT molecular complexity index is 1230. The zero-order valence-electron chi connectivity index (χ0n) is 17.9. The number of amides is 1. The van der Waals surface area contributed by atoms with Gasteiger partial charge < -0.3 is 10.1 Å². The molecule has 0 radical (unpaired) electrons. The van der Waals surface area contributed by atoms with Gasteiger partial charge in [0.1, 0.15) is 5.75 Å². The van der Waals surface area contributed by atoms with E-state index in [1.54, 1.807) is 7.11 Å². The van der Waals surface area contributed by atoms with Gasteiger partial charge in [0.25, 0.3) is 10.0 Å². The number of rotatable bonds is 9. The van der Waals surface area contributed by atoms with Crippen molar-refractivity contribution in [1.82, 2.24) is 0 Å². The molecule has 0 saturated heterocycles. The van der Waals surface area contributed by atoms with E-state index in [-0.39, 0.29) is 22.2 Å². The van der Waals surface area contributed by atoms with Crippen LogP contribution in [0.2, 0.25) is 0 Å². The van der Waals surface area contributed by atoms with Crippen LogP contribution < -0.4 is 14.8 Å². The second-order valence-corrected chi connectivity index (χ2v) is 9.77. The molecule has 34 heavy (non-hydrogen) atoms. The van der Waals surface area contributed by atoms with Gasteiger partial charge in [-0.3, -0.25) is 9.52 Å². The van der Waals surface area contributed by atoms with Crippen LogP contribution in [-0.4, -0.2) is 27.2 Å².